The standard InChI is InChI=1S/C15H19NOS/c1-3-12-7-8-18-14(12)10-16-9-13-6-4-5-11(2)15(13)17/h4-8,16-17H,3,9-10H2,1-2H3. The van der Waals surface area contributed by atoms with Crippen LogP contribution in [-0.2, 0) is 19.5 Å². The molecule has 0 saturated carbocycles. The minimum atomic E-state index is 0.409. The van der Waals surface area contributed by atoms with Gasteiger partial charge in [-0.3, -0.25) is 0 Å². The molecular weight excluding hydrogens is 242 g/mol. The van der Waals surface area contributed by atoms with Gasteiger partial charge in [-0.15, -0.1) is 11.3 Å². The number of nitrogens with one attached hydrogen (secondary N) is 1. The summed E-state index contributed by atoms with van der Waals surface area (Å²) in [6, 6.07) is 8.05. The van der Waals surface area contributed by atoms with Gasteiger partial charge in [-0.1, -0.05) is 25.1 Å². The largest absolute Gasteiger partial charge is 0.507 e. The number of phenolic OH excluding ortho intramolecular Hbond substituents is 1. The predicted molar refractivity (Wildman–Crippen MR) is 77.1 cm³/mol. The van der Waals surface area contributed by atoms with Crippen LogP contribution in [0, 0.1) is 6.92 Å². The molecule has 0 spiro atoms. The molecule has 0 aliphatic heterocycles. The maximum atomic E-state index is 9.92. The van der Waals surface area contributed by atoms with Crippen molar-refractivity contribution in [1.29, 1.82) is 0 Å². The van der Waals surface area contributed by atoms with E-state index in [4.69, 9.17) is 0 Å². The molecule has 2 aromatic rings. The van der Waals surface area contributed by atoms with Crippen LogP contribution in [0.4, 0.5) is 0 Å². The second kappa shape index (κ2) is 6.03. The van der Waals surface area contributed by atoms with Crippen molar-refractivity contribution in [1.82, 2.24) is 5.32 Å². The lowest BCUT2D eigenvalue weighted by molar-refractivity contribution is 0.460. The fourth-order valence-corrected chi connectivity index (χ4v) is 2.96. The summed E-state index contributed by atoms with van der Waals surface area (Å²) in [5, 5.41) is 15.5. The molecule has 0 fully saturated rings. The SMILES string of the molecule is CCc1ccsc1CNCc1cccc(C)c1O. The zero-order valence-corrected chi connectivity index (χ0v) is 11.7. The minimum Gasteiger partial charge on any atom is -0.507 e. The molecule has 1 aromatic heterocycles. The maximum absolute atomic E-state index is 9.92. The van der Waals surface area contributed by atoms with Crippen LogP contribution in [0.15, 0.2) is 29.6 Å². The summed E-state index contributed by atoms with van der Waals surface area (Å²) >= 11 is 1.79. The van der Waals surface area contributed by atoms with Crippen LogP contribution in [0.5, 0.6) is 5.75 Å². The van der Waals surface area contributed by atoms with E-state index in [-0.39, 0.29) is 0 Å². The number of para-hydroxylation sites is 1. The van der Waals surface area contributed by atoms with E-state index in [1.165, 1.54) is 10.4 Å². The molecule has 0 bridgehead atoms. The highest BCUT2D eigenvalue weighted by molar-refractivity contribution is 7.10. The van der Waals surface area contributed by atoms with Crippen LogP contribution in [0.2, 0.25) is 0 Å². The molecule has 0 aliphatic carbocycles. The number of benzene rings is 1. The van der Waals surface area contributed by atoms with E-state index in [0.717, 1.165) is 24.1 Å². The number of hydrogen-bond donors (Lipinski definition) is 2. The monoisotopic (exact) mass is 261 g/mol. The molecule has 3 heteroatoms. The second-order valence-electron chi connectivity index (χ2n) is 4.41. The second-order valence-corrected chi connectivity index (χ2v) is 5.41. The molecule has 0 radical (unpaired) electrons. The van der Waals surface area contributed by atoms with Crippen molar-refractivity contribution in [2.75, 3.05) is 0 Å². The van der Waals surface area contributed by atoms with Crippen molar-refractivity contribution in [3.63, 3.8) is 0 Å². The number of rotatable bonds is 5. The van der Waals surface area contributed by atoms with Gasteiger partial charge in [-0.25, -0.2) is 0 Å². The first-order chi connectivity index (χ1) is 8.72. The zero-order valence-electron chi connectivity index (χ0n) is 10.9. The summed E-state index contributed by atoms with van der Waals surface area (Å²) in [6.45, 7) is 5.67. The van der Waals surface area contributed by atoms with E-state index in [1.807, 2.05) is 25.1 Å². The van der Waals surface area contributed by atoms with Crippen molar-refractivity contribution >= 4 is 11.3 Å². The first-order valence-electron chi connectivity index (χ1n) is 6.25. The normalized spacial score (nSPS) is 10.8. The van der Waals surface area contributed by atoms with Crippen molar-refractivity contribution in [2.24, 2.45) is 0 Å². The Bertz CT molecular complexity index is 519. The van der Waals surface area contributed by atoms with Gasteiger partial charge in [0.1, 0.15) is 5.75 Å². The zero-order chi connectivity index (χ0) is 13.0. The molecule has 2 rings (SSSR count). The Hall–Kier alpha value is -1.32. The lowest BCUT2D eigenvalue weighted by Gasteiger charge is -2.08. The smallest absolute Gasteiger partial charge is 0.122 e. The summed E-state index contributed by atoms with van der Waals surface area (Å²) in [6.07, 6.45) is 1.08. The molecule has 0 aliphatic rings. The molecule has 96 valence electrons. The third-order valence-corrected chi connectivity index (χ3v) is 4.10. The Morgan fingerprint density at radius 1 is 1.17 bits per heavy atom. The van der Waals surface area contributed by atoms with E-state index in [0.29, 0.717) is 12.3 Å². The average molecular weight is 261 g/mol. The number of aromatic hydroxyl groups is 1. The van der Waals surface area contributed by atoms with E-state index in [1.54, 1.807) is 11.3 Å². The van der Waals surface area contributed by atoms with Gasteiger partial charge in [0.15, 0.2) is 0 Å². The highest BCUT2D eigenvalue weighted by atomic mass is 32.1. The van der Waals surface area contributed by atoms with Gasteiger partial charge < -0.3 is 10.4 Å². The molecule has 2 N–H and O–H groups in total. The van der Waals surface area contributed by atoms with Gasteiger partial charge in [0.2, 0.25) is 0 Å². The molecular formula is C15H19NOS. The molecule has 18 heavy (non-hydrogen) atoms. The number of phenols is 1. The molecule has 1 heterocycles. The van der Waals surface area contributed by atoms with Crippen LogP contribution in [0.3, 0.4) is 0 Å². The van der Waals surface area contributed by atoms with Crippen molar-refractivity contribution in [3.05, 3.63) is 51.2 Å². The van der Waals surface area contributed by atoms with Crippen LogP contribution in [0.1, 0.15) is 28.5 Å². The first-order valence-corrected chi connectivity index (χ1v) is 7.13. The Balaban J connectivity index is 1.94. The third kappa shape index (κ3) is 2.92. The highest BCUT2D eigenvalue weighted by Crippen LogP contribution is 2.22. The van der Waals surface area contributed by atoms with E-state index < -0.39 is 0 Å². The number of aryl methyl sites for hydroxylation is 2. The van der Waals surface area contributed by atoms with Crippen LogP contribution in [0.25, 0.3) is 0 Å². The molecule has 1 aromatic carbocycles. The van der Waals surface area contributed by atoms with Crippen molar-refractivity contribution in [3.8, 4) is 5.75 Å². The molecule has 0 atom stereocenters. The topological polar surface area (TPSA) is 32.3 Å². The fraction of sp³-hybridized carbons (Fsp3) is 0.333. The Labute approximate surface area is 112 Å². The summed E-state index contributed by atoms with van der Waals surface area (Å²) in [4.78, 5) is 1.39. The summed E-state index contributed by atoms with van der Waals surface area (Å²) in [5.41, 5.74) is 3.31. The van der Waals surface area contributed by atoms with Gasteiger partial charge in [0.05, 0.1) is 0 Å². The number of hydrogen-bond acceptors (Lipinski definition) is 3. The summed E-state index contributed by atoms with van der Waals surface area (Å²) < 4.78 is 0. The van der Waals surface area contributed by atoms with E-state index in [9.17, 15) is 5.11 Å². The highest BCUT2D eigenvalue weighted by Gasteiger charge is 2.05. The Morgan fingerprint density at radius 2 is 2.00 bits per heavy atom. The van der Waals surface area contributed by atoms with E-state index in [2.05, 4.69) is 23.7 Å². The molecule has 0 unspecified atom stereocenters. The predicted octanol–water partition coefficient (Wildman–Crippen LogP) is 3.61. The van der Waals surface area contributed by atoms with Gasteiger partial charge in [0.25, 0.3) is 0 Å². The lowest BCUT2D eigenvalue weighted by atomic mass is 10.1. The molecule has 0 saturated heterocycles. The Morgan fingerprint density at radius 3 is 2.78 bits per heavy atom. The quantitative estimate of drug-likeness (QED) is 0.861. The molecule has 0 amide bonds. The van der Waals surface area contributed by atoms with Crippen LogP contribution in [-0.4, -0.2) is 5.11 Å². The fourth-order valence-electron chi connectivity index (χ4n) is 2.01. The van der Waals surface area contributed by atoms with E-state index >= 15 is 0 Å². The van der Waals surface area contributed by atoms with Crippen LogP contribution < -0.4 is 5.32 Å². The van der Waals surface area contributed by atoms with Gasteiger partial charge >= 0.3 is 0 Å². The van der Waals surface area contributed by atoms with Gasteiger partial charge in [-0.05, 0) is 35.9 Å². The van der Waals surface area contributed by atoms with Gasteiger partial charge in [-0.2, -0.15) is 0 Å². The van der Waals surface area contributed by atoms with Gasteiger partial charge in [0, 0.05) is 23.5 Å². The van der Waals surface area contributed by atoms with Crippen molar-refractivity contribution in [2.45, 2.75) is 33.4 Å². The maximum Gasteiger partial charge on any atom is 0.122 e. The van der Waals surface area contributed by atoms with Crippen molar-refractivity contribution < 1.29 is 5.11 Å². The number of thiophene rings is 1. The summed E-state index contributed by atoms with van der Waals surface area (Å²) in [5.74, 6) is 0.409. The third-order valence-electron chi connectivity index (χ3n) is 3.14. The van der Waals surface area contributed by atoms with Crippen LogP contribution >= 0.6 is 11.3 Å². The first kappa shape index (κ1) is 13.1. The molecule has 2 nitrogen and oxygen atoms in total. The Kier molecular flexibility index (Phi) is 4.39. The average Bonchev–Trinajstić information content (AvgIpc) is 2.82. The minimum absolute atomic E-state index is 0.409. The lowest BCUT2D eigenvalue weighted by Crippen LogP contribution is -2.13. The summed E-state index contributed by atoms with van der Waals surface area (Å²) in [7, 11) is 0.